The number of benzene rings is 1. The summed E-state index contributed by atoms with van der Waals surface area (Å²) in [5, 5.41) is 13.0. The Morgan fingerprint density at radius 1 is 1.43 bits per heavy atom. The maximum Gasteiger partial charge on any atom is 0.0579 e. The zero-order chi connectivity index (χ0) is 10.1. The van der Waals surface area contributed by atoms with E-state index in [0.717, 1.165) is 18.5 Å². The van der Waals surface area contributed by atoms with Crippen molar-refractivity contribution in [2.24, 2.45) is 0 Å². The van der Waals surface area contributed by atoms with Gasteiger partial charge in [0.05, 0.1) is 17.5 Å². The van der Waals surface area contributed by atoms with Gasteiger partial charge < -0.3 is 16.2 Å². The first kappa shape index (κ1) is 9.62. The molecular weight excluding hydrogens is 200 g/mol. The number of nitrogen functional groups attached to an aromatic ring is 1. The highest BCUT2D eigenvalue weighted by Gasteiger charge is 2.27. The molecule has 14 heavy (non-hydrogen) atoms. The molecule has 4 heteroatoms. The number of hydrogen-bond donors (Lipinski definition) is 3. The molecule has 1 saturated carbocycles. The van der Waals surface area contributed by atoms with Crippen molar-refractivity contribution in [2.75, 3.05) is 11.1 Å². The Kier molecular flexibility index (Phi) is 2.52. The third-order valence-electron chi connectivity index (χ3n) is 2.49. The second-order valence-corrected chi connectivity index (χ2v) is 4.13. The first-order chi connectivity index (χ1) is 6.65. The molecule has 0 bridgehead atoms. The van der Waals surface area contributed by atoms with E-state index < -0.39 is 0 Å². The van der Waals surface area contributed by atoms with Crippen LogP contribution >= 0.6 is 11.6 Å². The summed E-state index contributed by atoms with van der Waals surface area (Å²) in [6.45, 7) is 0. The van der Waals surface area contributed by atoms with E-state index in [-0.39, 0.29) is 6.10 Å². The van der Waals surface area contributed by atoms with E-state index in [1.807, 2.05) is 6.07 Å². The predicted octanol–water partition coefficient (Wildman–Crippen LogP) is 1.86. The largest absolute Gasteiger partial charge is 0.397 e. The number of aliphatic hydroxyl groups is 1. The number of rotatable bonds is 2. The molecule has 1 aromatic carbocycles. The molecule has 0 heterocycles. The first-order valence-electron chi connectivity index (χ1n) is 4.65. The molecule has 1 fully saturated rings. The predicted molar refractivity (Wildman–Crippen MR) is 58.5 cm³/mol. The summed E-state index contributed by atoms with van der Waals surface area (Å²) < 4.78 is 0. The monoisotopic (exact) mass is 212 g/mol. The third kappa shape index (κ3) is 1.94. The van der Waals surface area contributed by atoms with Crippen LogP contribution in [0.1, 0.15) is 12.8 Å². The maximum atomic E-state index is 9.12. The van der Waals surface area contributed by atoms with Crippen LogP contribution in [0.3, 0.4) is 0 Å². The summed E-state index contributed by atoms with van der Waals surface area (Å²) in [6.07, 6.45) is 1.44. The lowest BCUT2D eigenvalue weighted by atomic mass is 9.89. The summed E-state index contributed by atoms with van der Waals surface area (Å²) in [4.78, 5) is 0. The quantitative estimate of drug-likeness (QED) is 0.656. The van der Waals surface area contributed by atoms with E-state index in [1.165, 1.54) is 0 Å². The fourth-order valence-electron chi connectivity index (χ4n) is 1.59. The van der Waals surface area contributed by atoms with Gasteiger partial charge in [0.2, 0.25) is 0 Å². The third-order valence-corrected chi connectivity index (χ3v) is 2.72. The maximum absolute atomic E-state index is 9.12. The van der Waals surface area contributed by atoms with Crippen LogP contribution in [-0.2, 0) is 0 Å². The summed E-state index contributed by atoms with van der Waals surface area (Å²) in [7, 11) is 0. The molecule has 0 radical (unpaired) electrons. The fourth-order valence-corrected chi connectivity index (χ4v) is 1.77. The molecule has 0 unspecified atom stereocenters. The highest BCUT2D eigenvalue weighted by Crippen LogP contribution is 2.28. The Morgan fingerprint density at radius 2 is 2.14 bits per heavy atom. The number of aliphatic hydroxyl groups excluding tert-OH is 1. The average molecular weight is 213 g/mol. The van der Waals surface area contributed by atoms with Crippen molar-refractivity contribution >= 4 is 23.0 Å². The van der Waals surface area contributed by atoms with Crippen molar-refractivity contribution in [1.29, 1.82) is 0 Å². The molecule has 1 aliphatic rings. The second-order valence-electron chi connectivity index (χ2n) is 3.70. The molecule has 0 amide bonds. The molecule has 1 aromatic rings. The van der Waals surface area contributed by atoms with Gasteiger partial charge in [-0.2, -0.15) is 0 Å². The van der Waals surface area contributed by atoms with Crippen LogP contribution in [-0.4, -0.2) is 17.3 Å². The van der Waals surface area contributed by atoms with Crippen molar-refractivity contribution in [2.45, 2.75) is 25.0 Å². The van der Waals surface area contributed by atoms with Gasteiger partial charge in [0.25, 0.3) is 0 Å². The van der Waals surface area contributed by atoms with Crippen molar-refractivity contribution in [1.82, 2.24) is 0 Å². The SMILES string of the molecule is Nc1cc(Cl)ccc1NC1CC(O)C1. The number of nitrogens with one attached hydrogen (secondary N) is 1. The molecule has 0 spiro atoms. The van der Waals surface area contributed by atoms with Gasteiger partial charge in [-0.25, -0.2) is 0 Å². The number of anilines is 2. The van der Waals surface area contributed by atoms with E-state index in [1.54, 1.807) is 12.1 Å². The lowest BCUT2D eigenvalue weighted by Gasteiger charge is -2.33. The van der Waals surface area contributed by atoms with Gasteiger partial charge in [-0.1, -0.05) is 11.6 Å². The normalized spacial score (nSPS) is 25.6. The molecule has 0 saturated heterocycles. The van der Waals surface area contributed by atoms with Crippen LogP contribution < -0.4 is 11.1 Å². The van der Waals surface area contributed by atoms with Gasteiger partial charge >= 0.3 is 0 Å². The molecule has 0 aliphatic heterocycles. The summed E-state index contributed by atoms with van der Waals surface area (Å²) in [6, 6.07) is 5.73. The number of hydrogen-bond acceptors (Lipinski definition) is 3. The number of halogens is 1. The van der Waals surface area contributed by atoms with Crippen molar-refractivity contribution < 1.29 is 5.11 Å². The van der Waals surface area contributed by atoms with Crippen molar-refractivity contribution in [3.05, 3.63) is 23.2 Å². The lowest BCUT2D eigenvalue weighted by molar-refractivity contribution is 0.0837. The molecule has 76 valence electrons. The standard InChI is InChI=1S/C10H13ClN2O/c11-6-1-2-10(9(12)3-6)13-7-4-8(14)5-7/h1-3,7-8,13-14H,4-5,12H2. The Labute approximate surface area is 87.9 Å². The summed E-state index contributed by atoms with van der Waals surface area (Å²) in [5.74, 6) is 0. The minimum atomic E-state index is -0.152. The molecule has 3 nitrogen and oxygen atoms in total. The van der Waals surface area contributed by atoms with E-state index >= 15 is 0 Å². The van der Waals surface area contributed by atoms with Crippen molar-refractivity contribution in [3.8, 4) is 0 Å². The Bertz CT molecular complexity index is 337. The molecular formula is C10H13ClN2O. The highest BCUT2D eigenvalue weighted by atomic mass is 35.5. The van der Waals surface area contributed by atoms with Gasteiger partial charge in [0, 0.05) is 11.1 Å². The topological polar surface area (TPSA) is 58.3 Å². The van der Waals surface area contributed by atoms with Crippen LogP contribution in [0.2, 0.25) is 5.02 Å². The summed E-state index contributed by atoms with van der Waals surface area (Å²) >= 11 is 5.78. The van der Waals surface area contributed by atoms with Crippen LogP contribution in [0, 0.1) is 0 Å². The van der Waals surface area contributed by atoms with Gasteiger partial charge in [0.15, 0.2) is 0 Å². The van der Waals surface area contributed by atoms with Crippen LogP contribution in [0.15, 0.2) is 18.2 Å². The van der Waals surface area contributed by atoms with Crippen LogP contribution in [0.4, 0.5) is 11.4 Å². The van der Waals surface area contributed by atoms with Gasteiger partial charge in [-0.05, 0) is 31.0 Å². The molecule has 4 N–H and O–H groups in total. The lowest BCUT2D eigenvalue weighted by Crippen LogP contribution is -2.39. The second kappa shape index (κ2) is 3.67. The van der Waals surface area contributed by atoms with Crippen LogP contribution in [0.25, 0.3) is 0 Å². The smallest absolute Gasteiger partial charge is 0.0579 e. The highest BCUT2D eigenvalue weighted by molar-refractivity contribution is 6.31. The van der Waals surface area contributed by atoms with E-state index in [2.05, 4.69) is 5.32 Å². The van der Waals surface area contributed by atoms with Crippen molar-refractivity contribution in [3.63, 3.8) is 0 Å². The Morgan fingerprint density at radius 3 is 2.71 bits per heavy atom. The van der Waals surface area contributed by atoms with Crippen LogP contribution in [0.5, 0.6) is 0 Å². The van der Waals surface area contributed by atoms with Gasteiger partial charge in [0.1, 0.15) is 0 Å². The molecule has 2 rings (SSSR count). The van der Waals surface area contributed by atoms with E-state index in [4.69, 9.17) is 22.4 Å². The van der Waals surface area contributed by atoms with E-state index in [9.17, 15) is 0 Å². The van der Waals surface area contributed by atoms with Gasteiger partial charge in [-0.15, -0.1) is 0 Å². The Balaban J connectivity index is 2.02. The molecule has 0 aromatic heterocycles. The number of nitrogens with two attached hydrogens (primary N) is 1. The Hall–Kier alpha value is -0.930. The fraction of sp³-hybridized carbons (Fsp3) is 0.400. The minimum Gasteiger partial charge on any atom is -0.397 e. The molecule has 1 aliphatic carbocycles. The van der Waals surface area contributed by atoms with Gasteiger partial charge in [-0.3, -0.25) is 0 Å². The first-order valence-corrected chi connectivity index (χ1v) is 5.02. The molecule has 0 atom stereocenters. The summed E-state index contributed by atoms with van der Waals surface area (Å²) in [5.41, 5.74) is 7.32. The zero-order valence-electron chi connectivity index (χ0n) is 7.70. The average Bonchev–Trinajstić information content (AvgIpc) is 2.06. The minimum absolute atomic E-state index is 0.152. The van der Waals surface area contributed by atoms with E-state index in [0.29, 0.717) is 16.8 Å². The zero-order valence-corrected chi connectivity index (χ0v) is 8.46.